The first-order valence-electron chi connectivity index (χ1n) is 15.4. The van der Waals surface area contributed by atoms with Crippen molar-refractivity contribution in [1.29, 1.82) is 0 Å². The summed E-state index contributed by atoms with van der Waals surface area (Å²) in [4.78, 5) is 50.6. The van der Waals surface area contributed by atoms with Gasteiger partial charge in [0.15, 0.2) is 11.5 Å². The summed E-state index contributed by atoms with van der Waals surface area (Å²) in [5.41, 5.74) is 2.99. The molecule has 0 aliphatic heterocycles. The molecule has 3 rings (SSSR count). The summed E-state index contributed by atoms with van der Waals surface area (Å²) >= 11 is 0. The number of amides is 2. The van der Waals surface area contributed by atoms with E-state index in [0.717, 1.165) is 24.0 Å². The second kappa shape index (κ2) is 16.7. The van der Waals surface area contributed by atoms with Gasteiger partial charge in [0, 0.05) is 25.5 Å². The Morgan fingerprint density at radius 2 is 1.69 bits per heavy atom. The van der Waals surface area contributed by atoms with Gasteiger partial charge in [-0.3, -0.25) is 19.2 Å². The summed E-state index contributed by atoms with van der Waals surface area (Å²) in [6.45, 7) is 5.94. The van der Waals surface area contributed by atoms with Gasteiger partial charge < -0.3 is 34.9 Å². The molecule has 3 N–H and O–H groups in total. The van der Waals surface area contributed by atoms with E-state index in [1.54, 1.807) is 20.3 Å². The SMILES string of the molecule is COC(=O)CCCCCNC(=O)[C@@H](CC(C)C)Nc1ccc2c(cc1=O)[C@H](NC(C)=O)CCc1cc(OC)c(OC)c(OC)c1-2. The molecule has 0 heterocycles. The van der Waals surface area contributed by atoms with Gasteiger partial charge in [-0.1, -0.05) is 26.3 Å². The van der Waals surface area contributed by atoms with Crippen LogP contribution in [0.5, 0.6) is 17.2 Å². The number of esters is 1. The molecule has 0 unspecified atom stereocenters. The Morgan fingerprint density at radius 3 is 2.31 bits per heavy atom. The number of hydrogen-bond donors (Lipinski definition) is 3. The summed E-state index contributed by atoms with van der Waals surface area (Å²) in [5, 5.41) is 9.19. The lowest BCUT2D eigenvalue weighted by Gasteiger charge is -2.20. The number of unbranched alkanes of at least 4 members (excludes halogenated alkanes) is 2. The first-order chi connectivity index (χ1) is 21.5. The predicted octanol–water partition coefficient (Wildman–Crippen LogP) is 4.54. The van der Waals surface area contributed by atoms with Crippen LogP contribution in [-0.4, -0.2) is 58.8 Å². The average Bonchev–Trinajstić information content (AvgIpc) is 3.25. The Labute approximate surface area is 265 Å². The molecule has 2 atom stereocenters. The number of carbonyl (C=O) groups is 3. The Kier molecular flexibility index (Phi) is 13.1. The zero-order chi connectivity index (χ0) is 33.1. The van der Waals surface area contributed by atoms with Gasteiger partial charge in [-0.2, -0.15) is 0 Å². The molecule has 11 heteroatoms. The van der Waals surface area contributed by atoms with Crippen LogP contribution >= 0.6 is 0 Å². The number of hydrogen-bond acceptors (Lipinski definition) is 9. The Morgan fingerprint density at radius 1 is 0.956 bits per heavy atom. The van der Waals surface area contributed by atoms with E-state index in [1.807, 2.05) is 26.0 Å². The van der Waals surface area contributed by atoms with Crippen molar-refractivity contribution in [2.24, 2.45) is 5.92 Å². The maximum atomic E-state index is 13.8. The van der Waals surface area contributed by atoms with E-state index in [2.05, 4.69) is 20.7 Å². The minimum absolute atomic E-state index is 0.181. The van der Waals surface area contributed by atoms with Crippen LogP contribution in [0, 0.1) is 5.92 Å². The van der Waals surface area contributed by atoms with Crippen LogP contribution in [0.3, 0.4) is 0 Å². The van der Waals surface area contributed by atoms with Crippen molar-refractivity contribution in [3.63, 3.8) is 0 Å². The number of ether oxygens (including phenoxy) is 4. The van der Waals surface area contributed by atoms with Gasteiger partial charge in [0.25, 0.3) is 0 Å². The van der Waals surface area contributed by atoms with Crippen molar-refractivity contribution < 1.29 is 33.3 Å². The minimum Gasteiger partial charge on any atom is -0.493 e. The van der Waals surface area contributed by atoms with Crippen molar-refractivity contribution in [3.05, 3.63) is 45.6 Å². The third-order valence-corrected chi connectivity index (χ3v) is 7.85. The number of benzene rings is 1. The fourth-order valence-electron chi connectivity index (χ4n) is 5.73. The smallest absolute Gasteiger partial charge is 0.305 e. The fourth-order valence-corrected chi connectivity index (χ4v) is 5.73. The number of aryl methyl sites for hydroxylation is 1. The fraction of sp³-hybridized carbons (Fsp3) is 0.529. The van der Waals surface area contributed by atoms with Crippen LogP contribution < -0.4 is 35.6 Å². The maximum absolute atomic E-state index is 13.8. The van der Waals surface area contributed by atoms with Gasteiger partial charge in [-0.25, -0.2) is 0 Å². The van der Waals surface area contributed by atoms with E-state index >= 15 is 0 Å². The molecule has 0 saturated carbocycles. The lowest BCUT2D eigenvalue weighted by atomic mass is 9.95. The summed E-state index contributed by atoms with van der Waals surface area (Å²) in [7, 11) is 6.02. The third-order valence-electron chi connectivity index (χ3n) is 7.85. The number of methoxy groups -OCH3 is 4. The highest BCUT2D eigenvalue weighted by atomic mass is 16.5. The Bertz CT molecular complexity index is 1430. The number of anilines is 1. The number of nitrogens with one attached hydrogen (secondary N) is 3. The van der Waals surface area contributed by atoms with E-state index < -0.39 is 12.1 Å². The molecule has 0 aromatic heterocycles. The molecule has 0 bridgehead atoms. The van der Waals surface area contributed by atoms with Gasteiger partial charge in [0.05, 0.1) is 40.2 Å². The summed E-state index contributed by atoms with van der Waals surface area (Å²) < 4.78 is 21.8. The predicted molar refractivity (Wildman–Crippen MR) is 173 cm³/mol. The lowest BCUT2D eigenvalue weighted by molar-refractivity contribution is -0.140. The van der Waals surface area contributed by atoms with Gasteiger partial charge in [0.1, 0.15) is 6.04 Å². The molecule has 0 radical (unpaired) electrons. The van der Waals surface area contributed by atoms with Gasteiger partial charge in [-0.05, 0) is 72.9 Å². The van der Waals surface area contributed by atoms with Crippen molar-refractivity contribution in [2.75, 3.05) is 40.3 Å². The average molecular weight is 626 g/mol. The van der Waals surface area contributed by atoms with Crippen LogP contribution in [-0.2, 0) is 25.5 Å². The van der Waals surface area contributed by atoms with Gasteiger partial charge >= 0.3 is 5.97 Å². The molecule has 0 saturated heterocycles. The normalized spacial score (nSPS) is 14.3. The monoisotopic (exact) mass is 625 g/mol. The highest BCUT2D eigenvalue weighted by Crippen LogP contribution is 2.50. The van der Waals surface area contributed by atoms with Crippen LogP contribution in [0.1, 0.15) is 76.5 Å². The van der Waals surface area contributed by atoms with Gasteiger partial charge in [0.2, 0.25) is 23.0 Å². The van der Waals surface area contributed by atoms with E-state index in [0.29, 0.717) is 67.0 Å². The zero-order valence-corrected chi connectivity index (χ0v) is 27.5. The number of fused-ring (bicyclic) bond motifs is 3. The van der Waals surface area contributed by atoms with Crippen LogP contribution in [0.15, 0.2) is 29.1 Å². The molecular formula is C34H47N3O8. The first kappa shape index (κ1) is 35.2. The highest BCUT2D eigenvalue weighted by molar-refractivity contribution is 5.86. The summed E-state index contributed by atoms with van der Waals surface area (Å²) in [6.07, 6.45) is 4.18. The largest absolute Gasteiger partial charge is 0.493 e. The molecule has 2 amide bonds. The summed E-state index contributed by atoms with van der Waals surface area (Å²) in [5.74, 6) is 0.930. The molecule has 45 heavy (non-hydrogen) atoms. The number of carbonyl (C=O) groups excluding carboxylic acids is 3. The Hall–Kier alpha value is -4.28. The third kappa shape index (κ3) is 9.12. The van der Waals surface area contributed by atoms with Crippen LogP contribution in [0.2, 0.25) is 0 Å². The molecule has 2 aromatic carbocycles. The number of rotatable bonds is 15. The molecule has 246 valence electrons. The Balaban J connectivity index is 2.00. The van der Waals surface area contributed by atoms with Gasteiger partial charge in [-0.15, -0.1) is 0 Å². The van der Waals surface area contributed by atoms with Crippen molar-refractivity contribution in [3.8, 4) is 28.4 Å². The molecule has 0 spiro atoms. The summed E-state index contributed by atoms with van der Waals surface area (Å²) in [6, 6.07) is 5.87. The zero-order valence-electron chi connectivity index (χ0n) is 27.5. The minimum atomic E-state index is -0.646. The first-order valence-corrected chi connectivity index (χ1v) is 15.4. The van der Waals surface area contributed by atoms with E-state index in [-0.39, 0.29) is 34.8 Å². The standard InChI is InChI=1S/C34H47N3O8/c1-20(2)17-27(34(41)35-16-10-8-9-11-30(40)43-5)37-26-15-13-23-24(19-28(26)39)25(36-21(3)38)14-12-22-18-29(42-4)32(44-6)33(45-7)31(22)23/h13,15,18-20,25,27H,8-12,14,16-17H2,1-7H3,(H,35,41)(H,36,38)(H,37,39)/t25-,27-/m1/s1. The van der Waals surface area contributed by atoms with Crippen molar-refractivity contribution >= 4 is 23.5 Å². The lowest BCUT2D eigenvalue weighted by Crippen LogP contribution is -2.41. The molecule has 1 aliphatic carbocycles. The van der Waals surface area contributed by atoms with E-state index in [9.17, 15) is 19.2 Å². The van der Waals surface area contributed by atoms with Crippen LogP contribution in [0.4, 0.5) is 5.69 Å². The highest BCUT2D eigenvalue weighted by Gasteiger charge is 2.30. The maximum Gasteiger partial charge on any atom is 0.305 e. The molecule has 0 fully saturated rings. The quantitative estimate of drug-likeness (QED) is 0.192. The van der Waals surface area contributed by atoms with Crippen LogP contribution in [0.25, 0.3) is 11.1 Å². The van der Waals surface area contributed by atoms with E-state index in [1.165, 1.54) is 27.2 Å². The van der Waals surface area contributed by atoms with Crippen molar-refractivity contribution in [2.45, 2.75) is 77.8 Å². The van der Waals surface area contributed by atoms with Crippen molar-refractivity contribution in [1.82, 2.24) is 10.6 Å². The molecule has 11 nitrogen and oxygen atoms in total. The molecule has 1 aliphatic rings. The molecular weight excluding hydrogens is 578 g/mol. The van der Waals surface area contributed by atoms with E-state index in [4.69, 9.17) is 14.2 Å². The molecule has 2 aromatic rings. The second-order valence-corrected chi connectivity index (χ2v) is 11.6. The topological polar surface area (TPSA) is 141 Å². The second-order valence-electron chi connectivity index (χ2n) is 11.6.